The van der Waals surface area contributed by atoms with Gasteiger partial charge in [0.2, 0.25) is 10.0 Å². The number of hydrogen-bond acceptors (Lipinski definition) is 6. The van der Waals surface area contributed by atoms with Gasteiger partial charge in [-0.1, -0.05) is 30.3 Å². The van der Waals surface area contributed by atoms with E-state index in [0.717, 1.165) is 28.1 Å². The maximum Gasteiger partial charge on any atom is 0.410 e. The van der Waals surface area contributed by atoms with Crippen LogP contribution in [0.3, 0.4) is 0 Å². The van der Waals surface area contributed by atoms with Crippen LogP contribution in [0.1, 0.15) is 12.0 Å². The van der Waals surface area contributed by atoms with Crippen molar-refractivity contribution in [1.29, 1.82) is 0 Å². The number of likely N-dealkylation sites (tertiary alicyclic amines) is 1. The number of alkyl halides is 1. The number of hydrogen-bond donors (Lipinski definition) is 0. The quantitative estimate of drug-likeness (QED) is 0.652. The Balaban J connectivity index is 1.49. The zero-order chi connectivity index (χ0) is 23.6. The lowest BCUT2D eigenvalue weighted by atomic mass is 9.99. The summed E-state index contributed by atoms with van der Waals surface area (Å²) in [6, 6.07) is 12.2. The first-order valence-corrected chi connectivity index (χ1v) is 11.8. The second-order valence-corrected chi connectivity index (χ2v) is 9.63. The summed E-state index contributed by atoms with van der Waals surface area (Å²) in [5.41, 5.74) is -0.960. The fourth-order valence-electron chi connectivity index (χ4n) is 4.12. The van der Waals surface area contributed by atoms with Crippen LogP contribution in [0.2, 0.25) is 0 Å². The molecule has 4 rings (SSSR count). The maximum atomic E-state index is 15.5. The van der Waals surface area contributed by atoms with Crippen LogP contribution in [0.4, 0.5) is 13.6 Å². The van der Waals surface area contributed by atoms with Gasteiger partial charge in [-0.2, -0.15) is 4.31 Å². The number of ether oxygens (including phenoxy) is 3. The predicted octanol–water partition coefficient (Wildman–Crippen LogP) is 2.93. The van der Waals surface area contributed by atoms with E-state index in [-0.39, 0.29) is 49.9 Å². The molecule has 2 aliphatic rings. The van der Waals surface area contributed by atoms with Gasteiger partial charge in [-0.15, -0.1) is 0 Å². The Morgan fingerprint density at radius 2 is 1.97 bits per heavy atom. The van der Waals surface area contributed by atoms with Crippen molar-refractivity contribution in [1.82, 2.24) is 9.21 Å². The Hall–Kier alpha value is -2.76. The molecule has 2 unspecified atom stereocenters. The second-order valence-electron chi connectivity index (χ2n) is 7.77. The lowest BCUT2D eigenvalue weighted by Crippen LogP contribution is -2.62. The molecule has 2 aliphatic heterocycles. The van der Waals surface area contributed by atoms with Gasteiger partial charge in [0.1, 0.15) is 6.61 Å². The highest BCUT2D eigenvalue weighted by atomic mass is 32.2. The number of carbonyl (C=O) groups is 1. The zero-order valence-corrected chi connectivity index (χ0v) is 18.8. The summed E-state index contributed by atoms with van der Waals surface area (Å²) in [5, 5.41) is 0. The van der Waals surface area contributed by atoms with E-state index in [1.54, 1.807) is 12.1 Å². The molecule has 2 aromatic rings. The standard InChI is InChI=1S/C22H24F2N2O6S/c1-30-19-13-17(7-8-18(19)23)33(28,29)26-11-12-32-22(26)9-10-25(14-20(22)24)21(27)31-15-16-5-3-2-4-6-16/h2-8,13,20H,9-12,14-15H2,1H3. The topological polar surface area (TPSA) is 85.4 Å². The van der Waals surface area contributed by atoms with Crippen molar-refractivity contribution in [2.24, 2.45) is 0 Å². The van der Waals surface area contributed by atoms with Gasteiger partial charge in [0.25, 0.3) is 0 Å². The Kier molecular flexibility index (Phi) is 6.55. The normalized spacial score (nSPS) is 23.6. The van der Waals surface area contributed by atoms with Gasteiger partial charge >= 0.3 is 6.09 Å². The van der Waals surface area contributed by atoms with Gasteiger partial charge in [0.15, 0.2) is 23.5 Å². The highest BCUT2D eigenvalue weighted by Crippen LogP contribution is 2.40. The molecule has 0 saturated carbocycles. The number of piperidine rings is 1. The van der Waals surface area contributed by atoms with E-state index in [2.05, 4.69) is 0 Å². The van der Waals surface area contributed by atoms with Gasteiger partial charge < -0.3 is 19.1 Å². The number of nitrogens with zero attached hydrogens (tertiary/aromatic N) is 2. The Bertz CT molecular complexity index is 1120. The Morgan fingerprint density at radius 3 is 2.67 bits per heavy atom. The van der Waals surface area contributed by atoms with Gasteiger partial charge in [0, 0.05) is 25.6 Å². The van der Waals surface area contributed by atoms with Gasteiger partial charge in [0.05, 0.1) is 25.2 Å². The van der Waals surface area contributed by atoms with Crippen LogP contribution in [0.5, 0.6) is 5.75 Å². The van der Waals surface area contributed by atoms with E-state index in [0.29, 0.717) is 0 Å². The molecule has 2 aromatic carbocycles. The molecule has 2 saturated heterocycles. The number of rotatable bonds is 5. The number of amides is 1. The van der Waals surface area contributed by atoms with Crippen LogP contribution in [-0.2, 0) is 26.1 Å². The fraction of sp³-hybridized carbons (Fsp3) is 0.409. The van der Waals surface area contributed by atoms with Crippen LogP contribution >= 0.6 is 0 Å². The third kappa shape index (κ3) is 4.40. The summed E-state index contributed by atoms with van der Waals surface area (Å²) in [7, 11) is -3.00. The minimum atomic E-state index is -4.23. The van der Waals surface area contributed by atoms with Crippen molar-refractivity contribution in [2.75, 3.05) is 33.4 Å². The highest BCUT2D eigenvalue weighted by molar-refractivity contribution is 7.89. The number of halogens is 2. The minimum Gasteiger partial charge on any atom is -0.494 e. The first-order chi connectivity index (χ1) is 15.8. The second kappa shape index (κ2) is 9.24. The van der Waals surface area contributed by atoms with Gasteiger partial charge in [-0.25, -0.2) is 22.0 Å². The molecule has 0 N–H and O–H groups in total. The van der Waals surface area contributed by atoms with E-state index < -0.39 is 33.8 Å². The van der Waals surface area contributed by atoms with Crippen LogP contribution in [0, 0.1) is 5.82 Å². The third-order valence-corrected chi connectivity index (χ3v) is 7.77. The molecule has 2 atom stereocenters. The van der Waals surface area contributed by atoms with E-state index in [1.165, 1.54) is 12.0 Å². The number of benzene rings is 2. The van der Waals surface area contributed by atoms with Crippen LogP contribution in [-0.4, -0.2) is 69.0 Å². The summed E-state index contributed by atoms with van der Waals surface area (Å²) in [6.07, 6.45) is -2.58. The molecule has 33 heavy (non-hydrogen) atoms. The lowest BCUT2D eigenvalue weighted by Gasteiger charge is -2.44. The van der Waals surface area contributed by atoms with Crippen LogP contribution < -0.4 is 4.74 Å². The summed E-state index contributed by atoms with van der Waals surface area (Å²) >= 11 is 0. The summed E-state index contributed by atoms with van der Waals surface area (Å²) in [4.78, 5) is 13.4. The van der Waals surface area contributed by atoms with E-state index >= 15 is 4.39 Å². The lowest BCUT2D eigenvalue weighted by molar-refractivity contribution is -0.138. The summed E-state index contributed by atoms with van der Waals surface area (Å²) in [5.74, 6) is -0.951. The first-order valence-electron chi connectivity index (χ1n) is 10.4. The van der Waals surface area contributed by atoms with Crippen molar-refractivity contribution >= 4 is 16.1 Å². The number of sulfonamides is 1. The van der Waals surface area contributed by atoms with E-state index in [4.69, 9.17) is 14.2 Å². The monoisotopic (exact) mass is 482 g/mol. The summed E-state index contributed by atoms with van der Waals surface area (Å²) in [6.45, 7) is -0.363. The Labute approximate surface area is 190 Å². The third-order valence-electron chi connectivity index (χ3n) is 5.85. The molecule has 0 aliphatic carbocycles. The molecular weight excluding hydrogens is 458 g/mol. The highest BCUT2D eigenvalue weighted by Gasteiger charge is 2.57. The number of carbonyl (C=O) groups excluding carboxylic acids is 1. The molecule has 0 radical (unpaired) electrons. The Morgan fingerprint density at radius 1 is 1.21 bits per heavy atom. The molecule has 8 nitrogen and oxygen atoms in total. The van der Waals surface area contributed by atoms with Crippen LogP contribution in [0.25, 0.3) is 0 Å². The van der Waals surface area contributed by atoms with E-state index in [9.17, 15) is 17.6 Å². The van der Waals surface area contributed by atoms with Crippen LogP contribution in [0.15, 0.2) is 53.4 Å². The largest absolute Gasteiger partial charge is 0.494 e. The van der Waals surface area contributed by atoms with Crippen molar-refractivity contribution in [3.05, 3.63) is 59.9 Å². The van der Waals surface area contributed by atoms with Gasteiger partial charge in [-0.3, -0.25) is 0 Å². The molecule has 0 aromatic heterocycles. The SMILES string of the molecule is COc1cc(S(=O)(=O)N2CCOC23CCN(C(=O)OCc2ccccc2)CC3F)ccc1F. The molecule has 2 fully saturated rings. The molecule has 178 valence electrons. The maximum absolute atomic E-state index is 15.5. The molecule has 0 bridgehead atoms. The van der Waals surface area contributed by atoms with Crippen molar-refractivity contribution in [3.8, 4) is 5.75 Å². The first kappa shape index (κ1) is 23.4. The van der Waals surface area contributed by atoms with E-state index in [1.807, 2.05) is 18.2 Å². The van der Waals surface area contributed by atoms with Gasteiger partial charge in [-0.05, 0) is 17.7 Å². The average Bonchev–Trinajstić information content (AvgIpc) is 3.26. The van der Waals surface area contributed by atoms with Crippen molar-refractivity contribution in [3.63, 3.8) is 0 Å². The number of methoxy groups -OCH3 is 1. The summed E-state index contributed by atoms with van der Waals surface area (Å²) < 4.78 is 72.6. The van der Waals surface area contributed by atoms with Crippen molar-refractivity contribution < 1.29 is 36.2 Å². The zero-order valence-electron chi connectivity index (χ0n) is 17.9. The molecule has 1 spiro atoms. The molecular formula is C22H24F2N2O6S. The molecule has 2 heterocycles. The fourth-order valence-corrected chi connectivity index (χ4v) is 5.85. The minimum absolute atomic E-state index is 0.00354. The van der Waals surface area contributed by atoms with Crippen molar-refractivity contribution in [2.45, 2.75) is 29.8 Å². The average molecular weight is 483 g/mol. The smallest absolute Gasteiger partial charge is 0.410 e. The molecule has 1 amide bonds. The molecule has 11 heteroatoms. The predicted molar refractivity (Wildman–Crippen MR) is 113 cm³/mol.